The van der Waals surface area contributed by atoms with Crippen LogP contribution in [0.15, 0.2) is 53.9 Å². The van der Waals surface area contributed by atoms with Crippen LogP contribution in [0.5, 0.6) is 5.75 Å². The molecule has 0 fully saturated rings. The maximum Gasteiger partial charge on any atom is 0.254 e. The van der Waals surface area contributed by atoms with Gasteiger partial charge in [0, 0.05) is 23.5 Å². The number of carbonyl (C=O) groups is 2. The van der Waals surface area contributed by atoms with E-state index in [-0.39, 0.29) is 30.3 Å². The molecule has 0 N–H and O–H groups in total. The Morgan fingerprint density at radius 3 is 2.62 bits per heavy atom. The second-order valence-electron chi connectivity index (χ2n) is 9.94. The van der Waals surface area contributed by atoms with Crippen molar-refractivity contribution in [2.45, 2.75) is 46.6 Å². The summed E-state index contributed by atoms with van der Waals surface area (Å²) in [5.74, 6) is 0.276. The van der Waals surface area contributed by atoms with Crippen LogP contribution < -0.4 is 4.74 Å². The first kappa shape index (κ1) is 26.9. The predicted molar refractivity (Wildman–Crippen MR) is 146 cm³/mol. The molecule has 1 aliphatic rings. The van der Waals surface area contributed by atoms with Gasteiger partial charge in [-0.05, 0) is 79.1 Å². The Hall–Kier alpha value is -3.19. The van der Waals surface area contributed by atoms with E-state index in [0.717, 1.165) is 29.7 Å². The third-order valence-electron chi connectivity index (χ3n) is 7.08. The molecular weight excluding hydrogens is 487 g/mol. The topological polar surface area (TPSA) is 49.9 Å². The molecule has 7 heteroatoms. The number of fused-ring (bicyclic) bond motifs is 1. The molecule has 2 amide bonds. The van der Waals surface area contributed by atoms with Gasteiger partial charge in [-0.15, -0.1) is 11.3 Å². The molecule has 5 nitrogen and oxygen atoms in total. The number of carbonyl (C=O) groups excluding carboxylic acids is 2. The number of rotatable bonds is 9. The Morgan fingerprint density at radius 2 is 1.92 bits per heavy atom. The molecule has 2 heterocycles. The zero-order valence-electron chi connectivity index (χ0n) is 22.0. The Kier molecular flexibility index (Phi) is 8.64. The molecule has 2 atom stereocenters. The number of thiophene rings is 1. The van der Waals surface area contributed by atoms with Gasteiger partial charge in [0.05, 0.1) is 6.04 Å². The van der Waals surface area contributed by atoms with E-state index < -0.39 is 5.82 Å². The van der Waals surface area contributed by atoms with Gasteiger partial charge >= 0.3 is 0 Å². The van der Waals surface area contributed by atoms with Crippen molar-refractivity contribution < 1.29 is 18.7 Å². The molecule has 196 valence electrons. The van der Waals surface area contributed by atoms with Gasteiger partial charge in [0.15, 0.2) is 0 Å². The van der Waals surface area contributed by atoms with Crippen LogP contribution in [0.2, 0.25) is 0 Å². The van der Waals surface area contributed by atoms with Crippen LogP contribution in [0, 0.1) is 25.6 Å². The van der Waals surface area contributed by atoms with E-state index in [0.29, 0.717) is 25.3 Å². The van der Waals surface area contributed by atoms with Crippen molar-refractivity contribution in [3.05, 3.63) is 86.9 Å². The molecule has 0 saturated heterocycles. The second-order valence-corrected chi connectivity index (χ2v) is 10.9. The minimum absolute atomic E-state index is 0.0277. The van der Waals surface area contributed by atoms with E-state index in [1.165, 1.54) is 34.7 Å². The van der Waals surface area contributed by atoms with Crippen LogP contribution in [-0.4, -0.2) is 47.9 Å². The minimum atomic E-state index is -0.396. The van der Waals surface area contributed by atoms with Crippen molar-refractivity contribution in [2.75, 3.05) is 26.2 Å². The van der Waals surface area contributed by atoms with E-state index in [2.05, 4.69) is 31.4 Å². The summed E-state index contributed by atoms with van der Waals surface area (Å²) < 4.78 is 19.7. The fourth-order valence-electron chi connectivity index (χ4n) is 4.76. The normalized spacial score (nSPS) is 15.7. The highest BCUT2D eigenvalue weighted by atomic mass is 32.1. The van der Waals surface area contributed by atoms with Crippen molar-refractivity contribution in [1.82, 2.24) is 9.80 Å². The minimum Gasteiger partial charge on any atom is -0.491 e. The monoisotopic (exact) mass is 522 g/mol. The molecule has 0 spiro atoms. The number of benzene rings is 2. The van der Waals surface area contributed by atoms with Gasteiger partial charge in [-0.3, -0.25) is 9.59 Å². The number of aryl methyl sites for hydroxylation is 2. The third-order valence-corrected chi connectivity index (χ3v) is 8.07. The lowest BCUT2D eigenvalue weighted by atomic mass is 10.00. The highest BCUT2D eigenvalue weighted by Crippen LogP contribution is 2.34. The molecule has 0 saturated carbocycles. The fourth-order valence-corrected chi connectivity index (χ4v) is 5.69. The Labute approximate surface area is 222 Å². The first-order chi connectivity index (χ1) is 17.8. The van der Waals surface area contributed by atoms with E-state index in [1.54, 1.807) is 16.2 Å². The standard InChI is InChI=1S/C30H35FN2O3S/c1-5-20(2)17-32(30(35)23-7-9-24(31)10-8-23)18-29(34)33-14-12-28-25(13-15-37-28)26(33)19-36-27-11-6-21(3)16-22(27)4/h6-11,13,15-16,20,26H,5,12,14,17-19H2,1-4H3. The Balaban J connectivity index is 1.55. The average Bonchev–Trinajstić information content (AvgIpc) is 3.37. The maximum atomic E-state index is 13.8. The lowest BCUT2D eigenvalue weighted by Gasteiger charge is -2.37. The van der Waals surface area contributed by atoms with Crippen molar-refractivity contribution >= 4 is 23.2 Å². The zero-order valence-corrected chi connectivity index (χ0v) is 22.8. The summed E-state index contributed by atoms with van der Waals surface area (Å²) in [6, 6.07) is 13.4. The van der Waals surface area contributed by atoms with Crippen LogP contribution in [0.1, 0.15) is 58.2 Å². The lowest BCUT2D eigenvalue weighted by Crippen LogP contribution is -2.48. The Morgan fingerprint density at radius 1 is 1.16 bits per heavy atom. The first-order valence-corrected chi connectivity index (χ1v) is 13.7. The molecule has 2 aromatic carbocycles. The van der Waals surface area contributed by atoms with Crippen LogP contribution in [-0.2, 0) is 11.2 Å². The quantitative estimate of drug-likeness (QED) is 0.336. The van der Waals surface area contributed by atoms with Gasteiger partial charge < -0.3 is 14.5 Å². The average molecular weight is 523 g/mol. The Bertz CT molecular complexity index is 1240. The summed E-state index contributed by atoms with van der Waals surface area (Å²) in [6.45, 7) is 9.56. The van der Waals surface area contributed by atoms with Gasteiger partial charge in [-0.1, -0.05) is 38.0 Å². The maximum absolute atomic E-state index is 13.8. The van der Waals surface area contributed by atoms with Crippen LogP contribution in [0.4, 0.5) is 4.39 Å². The number of hydrogen-bond donors (Lipinski definition) is 0. The van der Waals surface area contributed by atoms with Gasteiger partial charge in [0.25, 0.3) is 5.91 Å². The van der Waals surface area contributed by atoms with Gasteiger partial charge in [-0.2, -0.15) is 0 Å². The molecule has 0 radical (unpaired) electrons. The number of ether oxygens (including phenoxy) is 1. The number of amides is 2. The van der Waals surface area contributed by atoms with Crippen LogP contribution >= 0.6 is 11.3 Å². The molecule has 2 unspecified atom stereocenters. The van der Waals surface area contributed by atoms with E-state index in [1.807, 2.05) is 30.9 Å². The largest absolute Gasteiger partial charge is 0.491 e. The van der Waals surface area contributed by atoms with Crippen molar-refractivity contribution in [3.8, 4) is 5.75 Å². The SMILES string of the molecule is CCC(C)CN(CC(=O)N1CCc2sccc2C1COc1ccc(C)cc1C)C(=O)c1ccc(F)cc1. The van der Waals surface area contributed by atoms with Crippen LogP contribution in [0.25, 0.3) is 0 Å². The van der Waals surface area contributed by atoms with E-state index in [4.69, 9.17) is 4.74 Å². The second kappa shape index (κ2) is 11.9. The molecule has 4 rings (SSSR count). The molecule has 0 bridgehead atoms. The van der Waals surface area contributed by atoms with E-state index in [9.17, 15) is 14.0 Å². The zero-order chi connectivity index (χ0) is 26.5. The molecular formula is C30H35FN2O3S. The fraction of sp³-hybridized carbons (Fsp3) is 0.400. The first-order valence-electron chi connectivity index (χ1n) is 12.9. The van der Waals surface area contributed by atoms with Crippen LogP contribution in [0.3, 0.4) is 0 Å². The molecule has 1 aliphatic heterocycles. The summed E-state index contributed by atoms with van der Waals surface area (Å²) in [4.78, 5) is 31.8. The van der Waals surface area contributed by atoms with Gasteiger partial charge in [0.2, 0.25) is 5.91 Å². The molecule has 37 heavy (non-hydrogen) atoms. The predicted octanol–water partition coefficient (Wildman–Crippen LogP) is 6.20. The van der Waals surface area contributed by atoms with Crippen molar-refractivity contribution in [2.24, 2.45) is 5.92 Å². The lowest BCUT2D eigenvalue weighted by molar-refractivity contribution is -0.135. The summed E-state index contributed by atoms with van der Waals surface area (Å²) in [6.07, 6.45) is 1.67. The number of nitrogens with zero attached hydrogens (tertiary/aromatic N) is 2. The smallest absolute Gasteiger partial charge is 0.254 e. The van der Waals surface area contributed by atoms with Crippen molar-refractivity contribution in [1.29, 1.82) is 0 Å². The van der Waals surface area contributed by atoms with Crippen molar-refractivity contribution in [3.63, 3.8) is 0 Å². The summed E-state index contributed by atoms with van der Waals surface area (Å²) >= 11 is 1.71. The number of halogens is 1. The van der Waals surface area contributed by atoms with Gasteiger partial charge in [0.1, 0.15) is 24.7 Å². The molecule has 0 aliphatic carbocycles. The van der Waals surface area contributed by atoms with Gasteiger partial charge in [-0.25, -0.2) is 4.39 Å². The number of hydrogen-bond acceptors (Lipinski definition) is 4. The summed E-state index contributed by atoms with van der Waals surface area (Å²) in [5, 5.41) is 2.07. The summed E-state index contributed by atoms with van der Waals surface area (Å²) in [7, 11) is 0. The van der Waals surface area contributed by atoms with E-state index >= 15 is 0 Å². The molecule has 3 aromatic rings. The highest BCUT2D eigenvalue weighted by Gasteiger charge is 2.34. The summed E-state index contributed by atoms with van der Waals surface area (Å²) in [5.41, 5.74) is 3.73. The highest BCUT2D eigenvalue weighted by molar-refractivity contribution is 7.10. The third kappa shape index (κ3) is 6.39. The molecule has 1 aromatic heterocycles.